The first-order valence-electron chi connectivity index (χ1n) is 11.2. The Kier molecular flexibility index (Phi) is 5.98. The van der Waals surface area contributed by atoms with Gasteiger partial charge in [0.15, 0.2) is 5.82 Å². The summed E-state index contributed by atoms with van der Waals surface area (Å²) in [6, 6.07) is 9.32. The van der Waals surface area contributed by atoms with Gasteiger partial charge in [0, 0.05) is 18.7 Å². The van der Waals surface area contributed by atoms with E-state index >= 15 is 0 Å². The molecular formula is C25H23F3N6O. The van der Waals surface area contributed by atoms with E-state index in [1.54, 1.807) is 39.9 Å². The third kappa shape index (κ3) is 4.61. The Morgan fingerprint density at radius 2 is 1.94 bits per heavy atom. The molecule has 0 fully saturated rings. The van der Waals surface area contributed by atoms with Crippen molar-refractivity contribution in [3.05, 3.63) is 88.8 Å². The number of pyridine rings is 1. The van der Waals surface area contributed by atoms with Crippen LogP contribution in [-0.4, -0.2) is 34.4 Å². The first-order chi connectivity index (χ1) is 16.8. The van der Waals surface area contributed by atoms with Crippen molar-refractivity contribution in [1.29, 1.82) is 0 Å². The number of fused-ring (bicyclic) bond motifs is 1. The maximum Gasteiger partial charge on any atom is 0.416 e. The lowest BCUT2D eigenvalue weighted by Crippen LogP contribution is -2.21. The van der Waals surface area contributed by atoms with Crippen LogP contribution in [0, 0.1) is 6.92 Å². The van der Waals surface area contributed by atoms with Crippen LogP contribution in [0.4, 0.5) is 13.2 Å². The quantitative estimate of drug-likeness (QED) is 0.445. The number of halogens is 3. The number of hydrogen-bond acceptors (Lipinski definition) is 5. The van der Waals surface area contributed by atoms with Crippen molar-refractivity contribution in [2.45, 2.75) is 45.0 Å². The second-order valence-electron chi connectivity index (χ2n) is 8.45. The van der Waals surface area contributed by atoms with Gasteiger partial charge >= 0.3 is 6.18 Å². The lowest BCUT2D eigenvalue weighted by atomic mass is 9.88. The van der Waals surface area contributed by atoms with Crippen molar-refractivity contribution in [1.82, 2.24) is 29.3 Å². The molecule has 10 heteroatoms. The van der Waals surface area contributed by atoms with Gasteiger partial charge < -0.3 is 9.67 Å². The summed E-state index contributed by atoms with van der Waals surface area (Å²) >= 11 is 0. The first-order valence-corrected chi connectivity index (χ1v) is 11.2. The number of aromatic nitrogens is 6. The molecule has 0 amide bonds. The fraction of sp³-hybridized carbons (Fsp3) is 0.280. The summed E-state index contributed by atoms with van der Waals surface area (Å²) in [5.74, 6) is 0.453. The van der Waals surface area contributed by atoms with Gasteiger partial charge in [0.1, 0.15) is 5.82 Å². The zero-order valence-electron chi connectivity index (χ0n) is 18.9. The normalized spacial score (nSPS) is 16.1. The summed E-state index contributed by atoms with van der Waals surface area (Å²) in [4.78, 5) is 13.3. The molecule has 0 aliphatic carbocycles. The first kappa shape index (κ1) is 23.0. The van der Waals surface area contributed by atoms with E-state index in [9.17, 15) is 18.3 Å². The van der Waals surface area contributed by atoms with Crippen molar-refractivity contribution >= 4 is 12.2 Å². The monoisotopic (exact) mass is 480 g/mol. The minimum atomic E-state index is -4.43. The van der Waals surface area contributed by atoms with Crippen LogP contribution < -0.4 is 0 Å². The van der Waals surface area contributed by atoms with Gasteiger partial charge in [-0.3, -0.25) is 0 Å². The number of benzene rings is 1. The molecule has 5 rings (SSSR count). The van der Waals surface area contributed by atoms with E-state index in [0.717, 1.165) is 17.4 Å². The Morgan fingerprint density at radius 3 is 2.69 bits per heavy atom. The van der Waals surface area contributed by atoms with E-state index in [4.69, 9.17) is 0 Å². The van der Waals surface area contributed by atoms with E-state index in [-0.39, 0.29) is 12.2 Å². The average Bonchev–Trinajstić information content (AvgIpc) is 3.47. The predicted molar refractivity (Wildman–Crippen MR) is 123 cm³/mol. The molecule has 7 nitrogen and oxygen atoms in total. The summed E-state index contributed by atoms with van der Waals surface area (Å²) < 4.78 is 44.3. The second kappa shape index (κ2) is 9.10. The number of aliphatic hydroxyl groups is 1. The molecule has 1 atom stereocenters. The van der Waals surface area contributed by atoms with Crippen molar-refractivity contribution < 1.29 is 18.3 Å². The van der Waals surface area contributed by atoms with Crippen LogP contribution in [0.5, 0.6) is 0 Å². The molecule has 0 saturated carbocycles. The van der Waals surface area contributed by atoms with E-state index in [2.05, 4.69) is 20.1 Å². The maximum absolute atomic E-state index is 13.6. The zero-order valence-corrected chi connectivity index (χ0v) is 18.9. The number of aryl methyl sites for hydroxylation is 2. The van der Waals surface area contributed by atoms with Gasteiger partial charge in [0.25, 0.3) is 0 Å². The molecular weight excluding hydrogens is 457 g/mol. The summed E-state index contributed by atoms with van der Waals surface area (Å²) in [5.41, 5.74) is 2.26. The lowest BCUT2D eigenvalue weighted by Gasteiger charge is -2.25. The van der Waals surface area contributed by atoms with Crippen LogP contribution >= 0.6 is 0 Å². The predicted octanol–water partition coefficient (Wildman–Crippen LogP) is 4.77. The molecule has 0 unspecified atom stereocenters. The highest BCUT2D eigenvalue weighted by atomic mass is 19.4. The molecule has 1 aliphatic rings. The van der Waals surface area contributed by atoms with Gasteiger partial charge in [0.2, 0.25) is 0 Å². The van der Waals surface area contributed by atoms with Crippen molar-refractivity contribution in [2.24, 2.45) is 0 Å². The van der Waals surface area contributed by atoms with Gasteiger partial charge in [0.05, 0.1) is 41.3 Å². The molecule has 0 saturated heterocycles. The Labute approximate surface area is 199 Å². The van der Waals surface area contributed by atoms with Crippen LogP contribution in [0.3, 0.4) is 0 Å². The van der Waals surface area contributed by atoms with E-state index in [1.165, 1.54) is 12.1 Å². The van der Waals surface area contributed by atoms with Gasteiger partial charge in [-0.1, -0.05) is 18.2 Å². The highest BCUT2D eigenvalue weighted by Gasteiger charge is 2.37. The SMILES string of the molecule is Cc1cn(-c2ccc(/C=C/c3nc4n(n3)CCC[C@H]4c3ccccc3C(F)(F)F)nc2CO)cn1. The number of rotatable bonds is 5. The van der Waals surface area contributed by atoms with E-state index < -0.39 is 17.7 Å². The topological polar surface area (TPSA) is 81.7 Å². The molecule has 0 bridgehead atoms. The molecule has 35 heavy (non-hydrogen) atoms. The van der Waals surface area contributed by atoms with Crippen LogP contribution in [0.25, 0.3) is 17.8 Å². The van der Waals surface area contributed by atoms with Gasteiger partial charge in [-0.2, -0.15) is 18.3 Å². The summed E-state index contributed by atoms with van der Waals surface area (Å²) in [6.45, 7) is 2.24. The van der Waals surface area contributed by atoms with Gasteiger partial charge in [-0.05, 0) is 55.7 Å². The summed E-state index contributed by atoms with van der Waals surface area (Å²) in [6.07, 6.45) is 3.77. The molecule has 1 N–H and O–H groups in total. The van der Waals surface area contributed by atoms with Crippen LogP contribution in [0.2, 0.25) is 0 Å². The standard InChI is InChI=1S/C25H23F3N6O/c1-16-13-33(15-29-16)22-10-8-17(30-21(22)14-35)9-11-23-31-24-19(6-4-12-34(24)32-23)18-5-2-3-7-20(18)25(26,27)28/h2-3,5,7-11,13,15,19,35H,4,6,12,14H2,1H3/b11-9+/t19-/m0/s1. The second-order valence-corrected chi connectivity index (χ2v) is 8.45. The minimum absolute atomic E-state index is 0.225. The Hall–Kier alpha value is -3.79. The molecule has 1 aliphatic heterocycles. The van der Waals surface area contributed by atoms with Crippen molar-refractivity contribution in [2.75, 3.05) is 0 Å². The third-order valence-electron chi connectivity index (χ3n) is 6.05. The number of imidazole rings is 1. The number of hydrogen-bond donors (Lipinski definition) is 1. The summed E-state index contributed by atoms with van der Waals surface area (Å²) in [7, 11) is 0. The van der Waals surface area contributed by atoms with Gasteiger partial charge in [-0.25, -0.2) is 19.6 Å². The van der Waals surface area contributed by atoms with Crippen molar-refractivity contribution in [3.8, 4) is 5.69 Å². The minimum Gasteiger partial charge on any atom is -0.390 e. The number of alkyl halides is 3. The highest BCUT2D eigenvalue weighted by molar-refractivity contribution is 5.65. The van der Waals surface area contributed by atoms with Crippen LogP contribution in [0.1, 0.15) is 58.6 Å². The lowest BCUT2D eigenvalue weighted by molar-refractivity contribution is -0.138. The Morgan fingerprint density at radius 1 is 1.11 bits per heavy atom. The third-order valence-corrected chi connectivity index (χ3v) is 6.05. The van der Waals surface area contributed by atoms with Crippen LogP contribution in [0.15, 0.2) is 48.9 Å². The Balaban J connectivity index is 1.43. The molecule has 0 spiro atoms. The van der Waals surface area contributed by atoms with Crippen LogP contribution in [-0.2, 0) is 19.3 Å². The van der Waals surface area contributed by atoms with Crippen molar-refractivity contribution in [3.63, 3.8) is 0 Å². The average molecular weight is 480 g/mol. The smallest absolute Gasteiger partial charge is 0.390 e. The van der Waals surface area contributed by atoms with E-state index in [1.807, 2.05) is 19.2 Å². The molecule has 3 aromatic heterocycles. The summed E-state index contributed by atoms with van der Waals surface area (Å²) in [5, 5.41) is 14.3. The fourth-order valence-corrected chi connectivity index (χ4v) is 4.46. The zero-order chi connectivity index (χ0) is 24.6. The largest absolute Gasteiger partial charge is 0.416 e. The Bertz CT molecular complexity index is 1390. The number of nitrogens with zero attached hydrogens (tertiary/aromatic N) is 6. The molecule has 4 aromatic rings. The van der Waals surface area contributed by atoms with Gasteiger partial charge in [-0.15, -0.1) is 0 Å². The fourth-order valence-electron chi connectivity index (χ4n) is 4.46. The number of aliphatic hydroxyl groups excluding tert-OH is 1. The molecule has 1 aromatic carbocycles. The molecule has 180 valence electrons. The highest BCUT2D eigenvalue weighted by Crippen LogP contribution is 2.40. The maximum atomic E-state index is 13.6. The molecule has 0 radical (unpaired) electrons. The molecule has 4 heterocycles. The van der Waals surface area contributed by atoms with E-state index in [0.29, 0.717) is 42.4 Å².